The van der Waals surface area contributed by atoms with Gasteiger partial charge in [-0.15, -0.1) is 24.0 Å². The molecule has 3 aromatic rings. The van der Waals surface area contributed by atoms with Crippen LogP contribution in [0.2, 0.25) is 0 Å². The minimum Gasteiger partial charge on any atom is -0.469 e. The Morgan fingerprint density at radius 3 is 2.75 bits per heavy atom. The Kier molecular flexibility index (Phi) is 9.61. The van der Waals surface area contributed by atoms with Crippen LogP contribution in [0.3, 0.4) is 0 Å². The molecule has 2 N–H and O–H groups in total. The Hall–Kier alpha value is -2.29. The molecule has 0 saturated carbocycles. The van der Waals surface area contributed by atoms with E-state index in [-0.39, 0.29) is 30.0 Å². The third kappa shape index (κ3) is 7.38. The number of benzene rings is 1. The molecule has 0 spiro atoms. The lowest BCUT2D eigenvalue weighted by Crippen LogP contribution is -2.40. The van der Waals surface area contributed by atoms with E-state index in [1.165, 1.54) is 5.56 Å². The Bertz CT molecular complexity index is 788. The number of hydrogen-bond acceptors (Lipinski definition) is 3. The molecule has 0 bridgehead atoms. The lowest BCUT2D eigenvalue weighted by atomic mass is 10.1. The van der Waals surface area contributed by atoms with Crippen molar-refractivity contribution in [1.82, 2.24) is 20.4 Å². The fourth-order valence-corrected chi connectivity index (χ4v) is 2.80. The zero-order valence-corrected chi connectivity index (χ0v) is 18.5. The molecule has 28 heavy (non-hydrogen) atoms. The van der Waals surface area contributed by atoms with E-state index in [0.717, 1.165) is 44.2 Å². The smallest absolute Gasteiger partial charge is 0.191 e. The number of guanidine groups is 1. The molecule has 2 aromatic heterocycles. The van der Waals surface area contributed by atoms with E-state index in [1.54, 1.807) is 12.5 Å². The fraction of sp³-hybridized carbons (Fsp3) is 0.333. The van der Waals surface area contributed by atoms with Crippen LogP contribution in [0.25, 0.3) is 0 Å². The van der Waals surface area contributed by atoms with Crippen molar-refractivity contribution in [2.45, 2.75) is 32.4 Å². The van der Waals surface area contributed by atoms with Crippen LogP contribution in [0.15, 0.2) is 76.6 Å². The van der Waals surface area contributed by atoms with E-state index in [4.69, 9.17) is 9.41 Å². The lowest BCUT2D eigenvalue weighted by molar-refractivity contribution is 0.506. The monoisotopic (exact) mass is 493 g/mol. The first kappa shape index (κ1) is 22.0. The molecule has 0 amide bonds. The molecule has 0 aliphatic carbocycles. The van der Waals surface area contributed by atoms with Crippen molar-refractivity contribution < 1.29 is 4.42 Å². The molecule has 0 aliphatic heterocycles. The van der Waals surface area contributed by atoms with Crippen molar-refractivity contribution >= 4 is 29.9 Å². The molecule has 0 radical (unpaired) electrons. The molecule has 6 nitrogen and oxygen atoms in total. The molecule has 3 rings (SSSR count). The zero-order valence-electron chi connectivity index (χ0n) is 16.1. The van der Waals surface area contributed by atoms with Crippen molar-refractivity contribution in [3.05, 3.63) is 78.5 Å². The van der Waals surface area contributed by atoms with Crippen LogP contribution in [0.1, 0.15) is 30.7 Å². The average molecular weight is 493 g/mol. The summed E-state index contributed by atoms with van der Waals surface area (Å²) in [5.74, 6) is 1.79. The van der Waals surface area contributed by atoms with Crippen LogP contribution in [0.5, 0.6) is 0 Å². The van der Waals surface area contributed by atoms with Gasteiger partial charge in [-0.2, -0.15) is 5.10 Å². The number of furan rings is 1. The highest BCUT2D eigenvalue weighted by molar-refractivity contribution is 14.0. The maximum absolute atomic E-state index is 5.40. The number of aryl methyl sites for hydroxylation is 1. The lowest BCUT2D eigenvalue weighted by Gasteiger charge is -2.18. The largest absolute Gasteiger partial charge is 0.469 e. The summed E-state index contributed by atoms with van der Waals surface area (Å²) >= 11 is 0. The molecular formula is C21H28IN5O. The van der Waals surface area contributed by atoms with Crippen molar-refractivity contribution in [2.24, 2.45) is 4.99 Å². The van der Waals surface area contributed by atoms with Crippen LogP contribution in [-0.4, -0.2) is 28.8 Å². The Morgan fingerprint density at radius 2 is 2.04 bits per heavy atom. The Balaban J connectivity index is 0.00000280. The maximum atomic E-state index is 5.40. The highest BCUT2D eigenvalue weighted by Gasteiger charge is 2.08. The minimum absolute atomic E-state index is 0. The van der Waals surface area contributed by atoms with Gasteiger partial charge in [0.05, 0.1) is 12.3 Å². The summed E-state index contributed by atoms with van der Waals surface area (Å²) in [5.41, 5.74) is 1.23. The number of halogens is 1. The third-order valence-electron chi connectivity index (χ3n) is 4.27. The van der Waals surface area contributed by atoms with Crippen LogP contribution in [0, 0.1) is 0 Å². The van der Waals surface area contributed by atoms with Crippen LogP contribution >= 0.6 is 24.0 Å². The summed E-state index contributed by atoms with van der Waals surface area (Å²) in [6.45, 7) is 4.50. The zero-order chi connectivity index (χ0) is 18.7. The number of nitrogens with one attached hydrogen (secondary N) is 2. The first-order chi connectivity index (χ1) is 13.3. The standard InChI is InChI=1S/C21H27N5O.HI/c1-18(19-8-3-2-4-9-19)25-21(23-14-11-20-10-5-17-27-20)22-12-6-15-26-16-7-13-24-26;/h2-5,7-10,13,16-18H,6,11-12,14-15H2,1H3,(H2,22,23,25);1H. The topological polar surface area (TPSA) is 67.4 Å². The van der Waals surface area contributed by atoms with E-state index >= 15 is 0 Å². The summed E-state index contributed by atoms with van der Waals surface area (Å²) in [5, 5.41) is 11.1. The molecule has 0 aliphatic rings. The summed E-state index contributed by atoms with van der Waals surface area (Å²) < 4.78 is 7.33. The van der Waals surface area contributed by atoms with E-state index in [1.807, 2.05) is 35.1 Å². The molecule has 1 aromatic carbocycles. The Morgan fingerprint density at radius 1 is 1.18 bits per heavy atom. The number of aromatic nitrogens is 2. The molecule has 0 saturated heterocycles. The molecule has 150 valence electrons. The third-order valence-corrected chi connectivity index (χ3v) is 4.27. The fourth-order valence-electron chi connectivity index (χ4n) is 2.80. The van der Waals surface area contributed by atoms with Gasteiger partial charge in [0.2, 0.25) is 0 Å². The second-order valence-corrected chi connectivity index (χ2v) is 6.39. The van der Waals surface area contributed by atoms with E-state index < -0.39 is 0 Å². The van der Waals surface area contributed by atoms with Crippen molar-refractivity contribution in [3.63, 3.8) is 0 Å². The highest BCUT2D eigenvalue weighted by Crippen LogP contribution is 2.10. The van der Waals surface area contributed by atoms with Crippen molar-refractivity contribution in [1.29, 1.82) is 0 Å². The van der Waals surface area contributed by atoms with Crippen molar-refractivity contribution in [2.75, 3.05) is 13.1 Å². The van der Waals surface area contributed by atoms with E-state index in [2.05, 4.69) is 46.9 Å². The van der Waals surface area contributed by atoms with E-state index in [9.17, 15) is 0 Å². The number of rotatable bonds is 9. The SMILES string of the molecule is CC(NC(=NCCCn1cccn1)NCCc1ccco1)c1ccccc1.I. The molecule has 1 atom stereocenters. The second kappa shape index (κ2) is 12.2. The number of aliphatic imine (C=N–C) groups is 1. The highest BCUT2D eigenvalue weighted by atomic mass is 127. The molecule has 1 unspecified atom stereocenters. The van der Waals surface area contributed by atoms with Crippen LogP contribution < -0.4 is 10.6 Å². The maximum Gasteiger partial charge on any atom is 0.191 e. The average Bonchev–Trinajstić information content (AvgIpc) is 3.40. The van der Waals surface area contributed by atoms with E-state index in [0.29, 0.717) is 0 Å². The summed E-state index contributed by atoms with van der Waals surface area (Å²) in [7, 11) is 0. The van der Waals surface area contributed by atoms with Gasteiger partial charge in [-0.3, -0.25) is 9.67 Å². The van der Waals surface area contributed by atoms with Gasteiger partial charge in [-0.05, 0) is 37.1 Å². The Labute approximate surface area is 183 Å². The van der Waals surface area contributed by atoms with Gasteiger partial charge >= 0.3 is 0 Å². The van der Waals surface area contributed by atoms with Crippen LogP contribution in [-0.2, 0) is 13.0 Å². The molecule has 7 heteroatoms. The van der Waals surface area contributed by atoms with Gasteiger partial charge < -0.3 is 15.1 Å². The van der Waals surface area contributed by atoms with Crippen molar-refractivity contribution in [3.8, 4) is 0 Å². The van der Waals surface area contributed by atoms with Gasteiger partial charge in [-0.25, -0.2) is 0 Å². The predicted octanol–water partition coefficient (Wildman–Crippen LogP) is 4.02. The second-order valence-electron chi connectivity index (χ2n) is 6.39. The first-order valence-electron chi connectivity index (χ1n) is 9.41. The number of nitrogens with zero attached hydrogens (tertiary/aromatic N) is 3. The summed E-state index contributed by atoms with van der Waals surface area (Å²) in [6.07, 6.45) is 7.23. The van der Waals surface area contributed by atoms with Crippen LogP contribution in [0.4, 0.5) is 0 Å². The van der Waals surface area contributed by atoms with Gasteiger partial charge in [-0.1, -0.05) is 30.3 Å². The first-order valence-corrected chi connectivity index (χ1v) is 9.41. The van der Waals surface area contributed by atoms with Gasteiger partial charge in [0.15, 0.2) is 5.96 Å². The van der Waals surface area contributed by atoms with Gasteiger partial charge in [0.25, 0.3) is 0 Å². The minimum atomic E-state index is 0. The van der Waals surface area contributed by atoms with Gasteiger partial charge in [0.1, 0.15) is 5.76 Å². The molecule has 0 fully saturated rings. The summed E-state index contributed by atoms with van der Waals surface area (Å²) in [6, 6.07) is 16.4. The predicted molar refractivity (Wildman–Crippen MR) is 123 cm³/mol. The normalized spacial score (nSPS) is 12.2. The quantitative estimate of drug-likeness (QED) is 0.205. The molecule has 2 heterocycles. The molecular weight excluding hydrogens is 465 g/mol. The summed E-state index contributed by atoms with van der Waals surface area (Å²) in [4.78, 5) is 4.73. The number of hydrogen-bond donors (Lipinski definition) is 2. The van der Waals surface area contributed by atoms with Gasteiger partial charge in [0, 0.05) is 38.4 Å².